The Balaban J connectivity index is -0.0000000501. The molecule has 0 atom stereocenters. The van der Waals surface area contributed by atoms with Crippen molar-refractivity contribution in [2.75, 3.05) is 48.8 Å². The van der Waals surface area contributed by atoms with Crippen LogP contribution in [0.4, 0.5) is 0 Å². The summed E-state index contributed by atoms with van der Waals surface area (Å²) in [4.78, 5) is 14.2. The van der Waals surface area contributed by atoms with Crippen LogP contribution in [-0.4, -0.2) is 64.5 Å². The summed E-state index contributed by atoms with van der Waals surface area (Å²) in [6, 6.07) is 0. The number of rotatable bonds is 5. The monoisotopic (exact) mass is 393 g/mol. The van der Waals surface area contributed by atoms with E-state index in [1.54, 1.807) is 7.05 Å². The van der Waals surface area contributed by atoms with Gasteiger partial charge in [0.2, 0.25) is 5.91 Å². The Bertz CT molecular complexity index is 183. The van der Waals surface area contributed by atoms with Gasteiger partial charge in [0.25, 0.3) is 0 Å². The third-order valence-electron chi connectivity index (χ3n) is 1.98. The average Bonchev–Trinajstić information content (AvgIpc) is 2.57. The molecule has 27 heavy (non-hydrogen) atoms. The van der Waals surface area contributed by atoms with Gasteiger partial charge in [0.1, 0.15) is 0 Å². The van der Waals surface area contributed by atoms with E-state index in [0.717, 1.165) is 0 Å². The molecule has 0 aliphatic rings. The number of hydrogen-bond donors (Lipinski definition) is 1. The second kappa shape index (κ2) is 49.9. The van der Waals surface area contributed by atoms with Gasteiger partial charge >= 0.3 is 0 Å². The van der Waals surface area contributed by atoms with E-state index in [1.807, 2.05) is 33.0 Å². The Morgan fingerprint density at radius 3 is 1.00 bits per heavy atom. The van der Waals surface area contributed by atoms with Crippen molar-refractivity contribution < 1.29 is 4.79 Å². The average molecular weight is 394 g/mol. The van der Waals surface area contributed by atoms with E-state index in [0.29, 0.717) is 6.42 Å². The van der Waals surface area contributed by atoms with Gasteiger partial charge in [-0.3, -0.25) is 4.79 Å². The summed E-state index contributed by atoms with van der Waals surface area (Å²) in [6.07, 6.45) is 8.41. The van der Waals surface area contributed by atoms with Gasteiger partial charge in [-0.2, -0.15) is 0 Å². The first-order chi connectivity index (χ1) is 12.6. The Labute approximate surface area is 175 Å². The van der Waals surface area contributed by atoms with Gasteiger partial charge in [-0.15, -0.1) is 0 Å². The van der Waals surface area contributed by atoms with E-state index in [4.69, 9.17) is 0 Å². The quantitative estimate of drug-likeness (QED) is 0.594. The number of carbonyl (C=O) groups excluding carboxylic acids is 1. The maximum atomic E-state index is 10.1. The van der Waals surface area contributed by atoms with Crippen LogP contribution in [-0.2, 0) is 4.79 Å². The van der Waals surface area contributed by atoms with Crippen molar-refractivity contribution in [3.05, 3.63) is 0 Å². The molecule has 0 rings (SSSR count). The lowest BCUT2D eigenvalue weighted by Gasteiger charge is -2.03. The van der Waals surface area contributed by atoms with E-state index in [-0.39, 0.29) is 5.91 Å². The third-order valence-corrected chi connectivity index (χ3v) is 1.98. The van der Waals surface area contributed by atoms with Crippen molar-refractivity contribution in [2.24, 2.45) is 0 Å². The fourth-order valence-electron chi connectivity index (χ4n) is 0.978. The van der Waals surface area contributed by atoms with Gasteiger partial charge in [-0.1, -0.05) is 87.5 Å². The summed E-state index contributed by atoms with van der Waals surface area (Å²) in [5.74, 6) is 0.0926. The van der Waals surface area contributed by atoms with Crippen molar-refractivity contribution >= 4 is 5.91 Å². The largest absolute Gasteiger partial charge is 0.359 e. The maximum Gasteiger partial charge on any atom is 0.219 e. The Morgan fingerprint density at radius 2 is 1.00 bits per heavy atom. The predicted octanol–water partition coefficient (Wildman–Crippen LogP) is 6.31. The molecule has 0 aliphatic heterocycles. The number of hydrogen-bond acceptors (Lipinski definition) is 3. The van der Waals surface area contributed by atoms with Crippen molar-refractivity contribution in [1.29, 1.82) is 0 Å². The van der Waals surface area contributed by atoms with Crippen LogP contribution in [0.5, 0.6) is 0 Å². The van der Waals surface area contributed by atoms with Crippen LogP contribution in [0, 0.1) is 0 Å². The summed E-state index contributed by atoms with van der Waals surface area (Å²) in [5, 5.41) is 2.48. The number of nitrogens with one attached hydrogen (secondary N) is 1. The summed E-state index contributed by atoms with van der Waals surface area (Å²) in [7, 11) is 11.8. The zero-order valence-corrected chi connectivity index (χ0v) is 22.0. The molecule has 4 nitrogen and oxygen atoms in total. The highest BCUT2D eigenvalue weighted by Crippen LogP contribution is 1.88. The highest BCUT2D eigenvalue weighted by atomic mass is 16.1. The normalized spacial score (nSPS) is 8.15. The first-order valence-electron chi connectivity index (χ1n) is 11.0. The van der Waals surface area contributed by atoms with Gasteiger partial charge in [-0.05, 0) is 48.2 Å². The Kier molecular flexibility index (Phi) is 75.7. The van der Waals surface area contributed by atoms with Crippen molar-refractivity contribution in [1.82, 2.24) is 15.1 Å². The molecule has 0 unspecified atom stereocenters. The molecule has 1 amide bonds. The molecule has 0 radical (unpaired) electrons. The summed E-state index contributed by atoms with van der Waals surface area (Å²) in [6.45, 7) is 18.1. The van der Waals surface area contributed by atoms with Crippen LogP contribution in [0.25, 0.3) is 0 Å². The fourth-order valence-corrected chi connectivity index (χ4v) is 0.978. The lowest BCUT2D eigenvalue weighted by Crippen LogP contribution is -2.15. The molecule has 0 aliphatic carbocycles. The molecule has 0 saturated carbocycles. The second-order valence-electron chi connectivity index (χ2n) is 6.94. The molecule has 0 saturated heterocycles. The van der Waals surface area contributed by atoms with Crippen molar-refractivity contribution in [3.63, 3.8) is 0 Å². The van der Waals surface area contributed by atoms with Crippen LogP contribution in [0.3, 0.4) is 0 Å². The van der Waals surface area contributed by atoms with Gasteiger partial charge in [0.15, 0.2) is 0 Å². The zero-order valence-electron chi connectivity index (χ0n) is 22.0. The van der Waals surface area contributed by atoms with E-state index in [2.05, 4.69) is 72.8 Å². The minimum atomic E-state index is 0.0926. The van der Waals surface area contributed by atoms with Crippen LogP contribution in [0.15, 0.2) is 0 Å². The van der Waals surface area contributed by atoms with E-state index in [1.165, 1.54) is 45.1 Å². The highest BCUT2D eigenvalue weighted by molar-refractivity contribution is 5.74. The van der Waals surface area contributed by atoms with Gasteiger partial charge in [0, 0.05) is 13.5 Å². The molecule has 0 aromatic rings. The Morgan fingerprint density at radius 1 is 0.704 bits per heavy atom. The second-order valence-corrected chi connectivity index (χ2v) is 6.94. The minimum Gasteiger partial charge on any atom is -0.359 e. The van der Waals surface area contributed by atoms with E-state index < -0.39 is 0 Å². The SMILES string of the molecule is CCC.CCC.CCC(=O)NC.CCCCC.CCCN(C)C.CN(C)C. The Hall–Kier alpha value is -0.610. The van der Waals surface area contributed by atoms with Crippen LogP contribution >= 0.6 is 0 Å². The number of nitrogens with zero attached hydrogens (tertiary/aromatic N) is 2. The molecule has 0 bridgehead atoms. The zero-order chi connectivity index (χ0) is 23.1. The molecule has 0 heterocycles. The highest BCUT2D eigenvalue weighted by Gasteiger charge is 1.84. The topological polar surface area (TPSA) is 35.6 Å². The molecule has 0 spiro atoms. The van der Waals surface area contributed by atoms with Gasteiger partial charge < -0.3 is 15.1 Å². The lowest BCUT2D eigenvalue weighted by atomic mass is 10.3. The van der Waals surface area contributed by atoms with Crippen LogP contribution < -0.4 is 5.32 Å². The number of unbranched alkanes of at least 4 members (excludes halogenated alkanes) is 2. The number of carbonyl (C=O) groups is 1. The third kappa shape index (κ3) is 197. The molecule has 0 aromatic heterocycles. The smallest absolute Gasteiger partial charge is 0.219 e. The summed E-state index contributed by atoms with van der Waals surface area (Å²) < 4.78 is 0. The first kappa shape index (κ1) is 40.9. The van der Waals surface area contributed by atoms with Crippen LogP contribution in [0.1, 0.15) is 100 Å². The first-order valence-corrected chi connectivity index (χ1v) is 11.0. The predicted molar refractivity (Wildman–Crippen MR) is 130 cm³/mol. The van der Waals surface area contributed by atoms with Crippen LogP contribution in [0.2, 0.25) is 0 Å². The number of amides is 1. The minimum absolute atomic E-state index is 0.0926. The standard InChI is InChI=1S/C5H13N.C5H12.C4H9NO.C3H9N.2C3H8/c1-4-5-6(2)3;1-3-5-4-2;1-3-4(6)5-2;1-4(2)3;2*1-3-2/h4-5H2,1-3H3;3-5H2,1-2H3;3H2,1-2H3,(H,5,6);1-3H3;2*3H2,1-2H3. The summed E-state index contributed by atoms with van der Waals surface area (Å²) >= 11 is 0. The van der Waals surface area contributed by atoms with E-state index in [9.17, 15) is 4.79 Å². The van der Waals surface area contributed by atoms with Gasteiger partial charge in [-0.25, -0.2) is 0 Å². The van der Waals surface area contributed by atoms with Crippen molar-refractivity contribution in [2.45, 2.75) is 100 Å². The molecule has 0 fully saturated rings. The molecular weight excluding hydrogens is 334 g/mol. The molecule has 4 heteroatoms. The molecule has 0 aromatic carbocycles. The maximum absolute atomic E-state index is 10.1. The molecule has 1 N–H and O–H groups in total. The van der Waals surface area contributed by atoms with Crippen molar-refractivity contribution in [3.8, 4) is 0 Å². The van der Waals surface area contributed by atoms with E-state index >= 15 is 0 Å². The van der Waals surface area contributed by atoms with Gasteiger partial charge in [0.05, 0.1) is 0 Å². The fraction of sp³-hybridized carbons (Fsp3) is 0.957. The lowest BCUT2D eigenvalue weighted by molar-refractivity contribution is -0.120. The summed E-state index contributed by atoms with van der Waals surface area (Å²) in [5.41, 5.74) is 0. The molecule has 172 valence electrons. The molecular formula is C23H59N3O.